The fourth-order valence-corrected chi connectivity index (χ4v) is 3.79. The van der Waals surface area contributed by atoms with Crippen LogP contribution in [-0.4, -0.2) is 26.9 Å². The molecule has 1 atom stereocenters. The van der Waals surface area contributed by atoms with Crippen molar-refractivity contribution in [2.75, 3.05) is 0 Å². The zero-order chi connectivity index (χ0) is 22.8. The second-order valence-corrected chi connectivity index (χ2v) is 7.77. The SMILES string of the molecule is C=C(CCCn1ncc2cc(C#N)ccc21)C(=O)N1N=CCC1c1cc(F)c(C)c(F)c1. The van der Waals surface area contributed by atoms with E-state index < -0.39 is 17.7 Å². The lowest BCUT2D eigenvalue weighted by Crippen LogP contribution is -2.28. The Morgan fingerprint density at radius 1 is 1.28 bits per heavy atom. The van der Waals surface area contributed by atoms with E-state index in [4.69, 9.17) is 5.26 Å². The summed E-state index contributed by atoms with van der Waals surface area (Å²) in [5, 5.41) is 19.6. The molecular weight excluding hydrogens is 412 g/mol. The lowest BCUT2D eigenvalue weighted by atomic mass is 10.0. The van der Waals surface area contributed by atoms with E-state index in [1.54, 1.807) is 24.5 Å². The van der Waals surface area contributed by atoms with E-state index in [2.05, 4.69) is 22.8 Å². The minimum absolute atomic E-state index is 0.0510. The molecule has 3 aromatic rings. The molecule has 1 unspecified atom stereocenters. The number of aryl methyl sites for hydroxylation is 1. The minimum atomic E-state index is -0.647. The van der Waals surface area contributed by atoms with Crippen molar-refractivity contribution >= 4 is 23.0 Å². The van der Waals surface area contributed by atoms with Crippen LogP contribution in [0.1, 0.15) is 42.0 Å². The van der Waals surface area contributed by atoms with Crippen LogP contribution in [0.4, 0.5) is 8.78 Å². The van der Waals surface area contributed by atoms with Gasteiger partial charge in [0.25, 0.3) is 5.91 Å². The summed E-state index contributed by atoms with van der Waals surface area (Å²) in [5.74, 6) is -1.66. The molecule has 1 amide bonds. The highest BCUT2D eigenvalue weighted by atomic mass is 19.1. The molecule has 1 aromatic heterocycles. The van der Waals surface area contributed by atoms with Crippen molar-refractivity contribution in [3.63, 3.8) is 0 Å². The normalized spacial score (nSPS) is 15.3. The predicted octanol–water partition coefficient (Wildman–Crippen LogP) is 4.79. The van der Waals surface area contributed by atoms with Crippen LogP contribution in [-0.2, 0) is 11.3 Å². The molecule has 32 heavy (non-hydrogen) atoms. The standard InChI is InChI=1S/C24H21F2N5O/c1-15(4-3-9-30-22-6-5-17(13-27)10-19(22)14-29-30)24(32)31-23(7-8-28-31)18-11-20(25)16(2)21(26)12-18/h5-6,8,10-12,14,23H,1,3-4,7,9H2,2H3. The quantitative estimate of drug-likeness (QED) is 0.525. The molecule has 0 radical (unpaired) electrons. The summed E-state index contributed by atoms with van der Waals surface area (Å²) < 4.78 is 29.8. The van der Waals surface area contributed by atoms with Gasteiger partial charge in [-0.25, -0.2) is 13.8 Å². The zero-order valence-corrected chi connectivity index (χ0v) is 17.6. The molecule has 2 heterocycles. The highest BCUT2D eigenvalue weighted by Crippen LogP contribution is 2.31. The maximum Gasteiger partial charge on any atom is 0.269 e. The molecule has 8 heteroatoms. The van der Waals surface area contributed by atoms with Crippen LogP contribution >= 0.6 is 0 Å². The number of hydrogen-bond acceptors (Lipinski definition) is 4. The lowest BCUT2D eigenvalue weighted by Gasteiger charge is -2.23. The molecule has 0 saturated heterocycles. The summed E-state index contributed by atoms with van der Waals surface area (Å²) in [6.07, 6.45) is 4.70. The van der Waals surface area contributed by atoms with Crippen LogP contribution in [0.15, 0.2) is 53.8 Å². The predicted molar refractivity (Wildman–Crippen MR) is 117 cm³/mol. The molecule has 1 aliphatic rings. The van der Waals surface area contributed by atoms with Gasteiger partial charge in [-0.05, 0) is 55.7 Å². The van der Waals surface area contributed by atoms with Crippen LogP contribution < -0.4 is 0 Å². The average Bonchev–Trinajstić information content (AvgIpc) is 3.43. The van der Waals surface area contributed by atoms with Gasteiger partial charge in [0, 0.05) is 35.7 Å². The molecule has 0 fully saturated rings. The van der Waals surface area contributed by atoms with Crippen LogP contribution in [0.2, 0.25) is 0 Å². The van der Waals surface area contributed by atoms with Gasteiger partial charge in [-0.3, -0.25) is 9.48 Å². The highest BCUT2D eigenvalue weighted by Gasteiger charge is 2.30. The first-order valence-electron chi connectivity index (χ1n) is 10.2. The van der Waals surface area contributed by atoms with Gasteiger partial charge in [0.05, 0.1) is 29.4 Å². The van der Waals surface area contributed by atoms with E-state index in [1.807, 2.05) is 10.7 Å². The average molecular weight is 433 g/mol. The highest BCUT2D eigenvalue weighted by molar-refractivity contribution is 5.94. The van der Waals surface area contributed by atoms with Crippen molar-refractivity contribution in [3.8, 4) is 6.07 Å². The number of nitrogens with zero attached hydrogens (tertiary/aromatic N) is 5. The van der Waals surface area contributed by atoms with Gasteiger partial charge < -0.3 is 0 Å². The lowest BCUT2D eigenvalue weighted by molar-refractivity contribution is -0.129. The van der Waals surface area contributed by atoms with E-state index >= 15 is 0 Å². The smallest absolute Gasteiger partial charge is 0.268 e. The van der Waals surface area contributed by atoms with Gasteiger partial charge in [0.15, 0.2) is 0 Å². The molecule has 162 valence electrons. The van der Waals surface area contributed by atoms with E-state index in [0.29, 0.717) is 42.5 Å². The molecule has 2 aromatic carbocycles. The molecule has 0 aliphatic carbocycles. The Hall–Kier alpha value is -3.86. The van der Waals surface area contributed by atoms with E-state index in [9.17, 15) is 13.6 Å². The number of aromatic nitrogens is 2. The van der Waals surface area contributed by atoms with E-state index in [-0.39, 0.29) is 11.5 Å². The first kappa shape index (κ1) is 21.4. The van der Waals surface area contributed by atoms with Crippen molar-refractivity contribution in [1.29, 1.82) is 5.26 Å². The molecule has 0 spiro atoms. The number of hydrazone groups is 1. The molecule has 0 bridgehead atoms. The summed E-state index contributed by atoms with van der Waals surface area (Å²) in [6.45, 7) is 5.84. The minimum Gasteiger partial charge on any atom is -0.268 e. The number of fused-ring (bicyclic) bond motifs is 1. The van der Waals surface area contributed by atoms with Gasteiger partial charge in [-0.15, -0.1) is 0 Å². The zero-order valence-electron chi connectivity index (χ0n) is 17.6. The van der Waals surface area contributed by atoms with Gasteiger partial charge in [0.2, 0.25) is 0 Å². The van der Waals surface area contributed by atoms with Gasteiger partial charge in [0.1, 0.15) is 11.6 Å². The first-order chi connectivity index (χ1) is 15.4. The third-order valence-electron chi connectivity index (χ3n) is 5.65. The van der Waals surface area contributed by atoms with Crippen molar-refractivity contribution < 1.29 is 13.6 Å². The summed E-state index contributed by atoms with van der Waals surface area (Å²) in [7, 11) is 0. The number of amides is 1. The molecule has 4 rings (SSSR count). The summed E-state index contributed by atoms with van der Waals surface area (Å²) in [6, 6.07) is 9.42. The number of halogens is 2. The van der Waals surface area contributed by atoms with Gasteiger partial charge in [-0.2, -0.15) is 15.5 Å². The monoisotopic (exact) mass is 433 g/mol. The second kappa shape index (κ2) is 8.71. The molecule has 1 aliphatic heterocycles. The van der Waals surface area contributed by atoms with Gasteiger partial charge >= 0.3 is 0 Å². The number of benzene rings is 2. The number of carbonyl (C=O) groups is 1. The largest absolute Gasteiger partial charge is 0.269 e. The van der Waals surface area contributed by atoms with Crippen LogP contribution in [0, 0.1) is 29.9 Å². The third-order valence-corrected chi connectivity index (χ3v) is 5.65. The van der Waals surface area contributed by atoms with Crippen LogP contribution in [0.25, 0.3) is 10.9 Å². The van der Waals surface area contributed by atoms with Crippen molar-refractivity contribution in [2.45, 2.75) is 38.8 Å². The van der Waals surface area contributed by atoms with Crippen molar-refractivity contribution in [2.24, 2.45) is 5.10 Å². The number of carbonyl (C=O) groups excluding carboxylic acids is 1. The Morgan fingerprint density at radius 3 is 2.75 bits per heavy atom. The Kier molecular flexibility index (Phi) is 5.82. The van der Waals surface area contributed by atoms with Crippen LogP contribution in [0.3, 0.4) is 0 Å². The Morgan fingerprint density at radius 2 is 2.03 bits per heavy atom. The topological polar surface area (TPSA) is 74.3 Å². The Bertz CT molecular complexity index is 1260. The van der Waals surface area contributed by atoms with Crippen molar-refractivity contribution in [1.82, 2.24) is 14.8 Å². The summed E-state index contributed by atoms with van der Waals surface area (Å²) in [5.41, 5.74) is 2.16. The van der Waals surface area contributed by atoms with Crippen LogP contribution in [0.5, 0.6) is 0 Å². The maximum atomic E-state index is 14.0. The van der Waals surface area contributed by atoms with Crippen molar-refractivity contribution in [3.05, 3.63) is 77.0 Å². The number of nitriles is 1. The first-order valence-corrected chi connectivity index (χ1v) is 10.2. The Labute approximate surface area is 184 Å². The van der Waals surface area contributed by atoms with E-state index in [0.717, 1.165) is 10.9 Å². The fourth-order valence-electron chi connectivity index (χ4n) is 3.79. The third kappa shape index (κ3) is 4.02. The fraction of sp³-hybridized carbons (Fsp3) is 0.250. The molecule has 0 N–H and O–H groups in total. The van der Waals surface area contributed by atoms with Gasteiger partial charge in [-0.1, -0.05) is 6.58 Å². The second-order valence-electron chi connectivity index (χ2n) is 7.77. The number of hydrogen-bond donors (Lipinski definition) is 0. The molecule has 6 nitrogen and oxygen atoms in total. The van der Waals surface area contributed by atoms with E-state index in [1.165, 1.54) is 24.1 Å². The molecular formula is C24H21F2N5O. The summed E-state index contributed by atoms with van der Waals surface area (Å²) >= 11 is 0. The number of rotatable bonds is 6. The summed E-state index contributed by atoms with van der Waals surface area (Å²) in [4.78, 5) is 12.9. The Balaban J connectivity index is 1.40. The molecule has 0 saturated carbocycles. The maximum absolute atomic E-state index is 14.0.